The summed E-state index contributed by atoms with van der Waals surface area (Å²) in [7, 11) is 1.58. The summed E-state index contributed by atoms with van der Waals surface area (Å²) < 4.78 is 10.8. The molecule has 0 fully saturated rings. The first-order chi connectivity index (χ1) is 7.48. The summed E-state index contributed by atoms with van der Waals surface area (Å²) in [5.74, 6) is 1.87. The van der Waals surface area contributed by atoms with Crippen molar-refractivity contribution in [1.82, 2.24) is 0 Å². The van der Waals surface area contributed by atoms with Gasteiger partial charge in [0.05, 0.1) is 0 Å². The second-order valence-electron chi connectivity index (χ2n) is 3.82. The predicted octanol–water partition coefficient (Wildman–Crippen LogP) is 3.41. The number of benzene rings is 1. The van der Waals surface area contributed by atoms with Crippen molar-refractivity contribution >= 4 is 11.6 Å². The molecule has 0 aliphatic carbocycles. The van der Waals surface area contributed by atoms with Crippen LogP contribution in [0.2, 0.25) is 5.02 Å². The zero-order chi connectivity index (χ0) is 12.2. The molecular formula is C13H15ClO2. The topological polar surface area (TPSA) is 18.5 Å². The third-order valence-corrected chi connectivity index (χ3v) is 2.47. The Morgan fingerprint density at radius 2 is 1.88 bits per heavy atom. The van der Waals surface area contributed by atoms with Crippen molar-refractivity contribution in [3.05, 3.63) is 34.9 Å². The SMILES string of the molecule is C#CC(OC(C)(C)OC)c1ccc(Cl)cc1. The van der Waals surface area contributed by atoms with Gasteiger partial charge in [-0.05, 0) is 31.5 Å². The summed E-state index contributed by atoms with van der Waals surface area (Å²) >= 11 is 5.80. The summed E-state index contributed by atoms with van der Waals surface area (Å²) in [6, 6.07) is 7.26. The minimum Gasteiger partial charge on any atom is -0.354 e. The van der Waals surface area contributed by atoms with Gasteiger partial charge in [-0.1, -0.05) is 29.7 Å². The Morgan fingerprint density at radius 3 is 2.31 bits per heavy atom. The molecule has 1 rings (SSSR count). The van der Waals surface area contributed by atoms with Crippen molar-refractivity contribution in [3.63, 3.8) is 0 Å². The zero-order valence-corrected chi connectivity index (χ0v) is 10.4. The summed E-state index contributed by atoms with van der Waals surface area (Å²) in [6.07, 6.45) is 5.00. The fourth-order valence-electron chi connectivity index (χ4n) is 1.17. The molecule has 0 bridgehead atoms. The molecule has 3 heteroatoms. The van der Waals surface area contributed by atoms with Crippen LogP contribution in [0.1, 0.15) is 25.5 Å². The molecule has 16 heavy (non-hydrogen) atoms. The average molecular weight is 239 g/mol. The summed E-state index contributed by atoms with van der Waals surface area (Å²) in [5, 5.41) is 0.672. The van der Waals surface area contributed by atoms with Crippen LogP contribution >= 0.6 is 11.6 Å². The van der Waals surface area contributed by atoms with Crippen molar-refractivity contribution in [3.8, 4) is 12.3 Å². The van der Waals surface area contributed by atoms with E-state index in [0.717, 1.165) is 5.56 Å². The average Bonchev–Trinajstić information content (AvgIpc) is 2.27. The van der Waals surface area contributed by atoms with Crippen molar-refractivity contribution in [2.75, 3.05) is 7.11 Å². The molecule has 0 N–H and O–H groups in total. The molecule has 0 saturated heterocycles. The minimum absolute atomic E-state index is 0.438. The quantitative estimate of drug-likeness (QED) is 0.591. The van der Waals surface area contributed by atoms with Crippen LogP contribution in [-0.4, -0.2) is 12.9 Å². The molecule has 0 aromatic heterocycles. The van der Waals surface area contributed by atoms with Gasteiger partial charge in [-0.15, -0.1) is 6.42 Å². The Kier molecular flexibility index (Phi) is 4.37. The van der Waals surface area contributed by atoms with E-state index in [1.807, 2.05) is 26.0 Å². The van der Waals surface area contributed by atoms with Crippen molar-refractivity contribution in [2.24, 2.45) is 0 Å². The molecule has 0 heterocycles. The number of hydrogen-bond donors (Lipinski definition) is 0. The molecule has 0 aliphatic heterocycles. The van der Waals surface area contributed by atoms with E-state index in [9.17, 15) is 0 Å². The normalized spacial score (nSPS) is 13.2. The summed E-state index contributed by atoms with van der Waals surface area (Å²) in [4.78, 5) is 0. The zero-order valence-electron chi connectivity index (χ0n) is 9.66. The number of terminal acetylenes is 1. The molecule has 0 amide bonds. The van der Waals surface area contributed by atoms with Gasteiger partial charge in [0.15, 0.2) is 5.79 Å². The van der Waals surface area contributed by atoms with Gasteiger partial charge in [-0.3, -0.25) is 0 Å². The van der Waals surface area contributed by atoms with Crippen LogP contribution in [0, 0.1) is 12.3 Å². The maximum absolute atomic E-state index is 5.80. The number of halogens is 1. The summed E-state index contributed by atoms with van der Waals surface area (Å²) in [6.45, 7) is 3.63. The van der Waals surface area contributed by atoms with E-state index in [1.165, 1.54) is 0 Å². The Hall–Kier alpha value is -1.01. The molecule has 86 valence electrons. The van der Waals surface area contributed by atoms with E-state index in [2.05, 4.69) is 5.92 Å². The highest BCUT2D eigenvalue weighted by Gasteiger charge is 2.22. The second kappa shape index (κ2) is 5.36. The van der Waals surface area contributed by atoms with Gasteiger partial charge in [-0.2, -0.15) is 0 Å². The maximum Gasteiger partial charge on any atom is 0.164 e. The first-order valence-corrected chi connectivity index (χ1v) is 5.31. The third-order valence-electron chi connectivity index (χ3n) is 2.22. The van der Waals surface area contributed by atoms with Crippen LogP contribution in [0.25, 0.3) is 0 Å². The molecule has 1 aromatic rings. The first kappa shape index (κ1) is 13.1. The summed E-state index contributed by atoms with van der Waals surface area (Å²) in [5.41, 5.74) is 0.886. The monoisotopic (exact) mass is 238 g/mol. The minimum atomic E-state index is -0.712. The van der Waals surface area contributed by atoms with E-state index < -0.39 is 11.9 Å². The molecule has 0 aliphatic rings. The van der Waals surface area contributed by atoms with Gasteiger partial charge in [0, 0.05) is 12.1 Å². The highest BCUT2D eigenvalue weighted by molar-refractivity contribution is 6.30. The highest BCUT2D eigenvalue weighted by Crippen LogP contribution is 2.25. The molecule has 2 nitrogen and oxygen atoms in total. The van der Waals surface area contributed by atoms with E-state index >= 15 is 0 Å². The molecule has 1 unspecified atom stereocenters. The largest absolute Gasteiger partial charge is 0.354 e. The molecule has 0 saturated carbocycles. The fraction of sp³-hybridized carbons (Fsp3) is 0.385. The second-order valence-corrected chi connectivity index (χ2v) is 4.26. The number of ether oxygens (including phenoxy) is 2. The Labute approximate surface area is 102 Å². The Morgan fingerprint density at radius 1 is 1.31 bits per heavy atom. The lowest BCUT2D eigenvalue weighted by molar-refractivity contribution is -0.213. The van der Waals surface area contributed by atoms with Gasteiger partial charge >= 0.3 is 0 Å². The van der Waals surface area contributed by atoms with Gasteiger partial charge in [0.1, 0.15) is 6.10 Å². The highest BCUT2D eigenvalue weighted by atomic mass is 35.5. The molecule has 1 aromatic carbocycles. The van der Waals surface area contributed by atoms with Gasteiger partial charge in [0.2, 0.25) is 0 Å². The van der Waals surface area contributed by atoms with Crippen molar-refractivity contribution in [2.45, 2.75) is 25.7 Å². The lowest BCUT2D eigenvalue weighted by Gasteiger charge is -2.27. The molecule has 0 spiro atoms. The van der Waals surface area contributed by atoms with E-state index in [0.29, 0.717) is 5.02 Å². The Bertz CT molecular complexity index is 376. The lowest BCUT2D eigenvalue weighted by atomic mass is 10.1. The fourth-order valence-corrected chi connectivity index (χ4v) is 1.29. The van der Waals surface area contributed by atoms with Gasteiger partial charge < -0.3 is 9.47 Å². The predicted molar refractivity (Wildman–Crippen MR) is 65.2 cm³/mol. The van der Waals surface area contributed by atoms with Crippen molar-refractivity contribution in [1.29, 1.82) is 0 Å². The molecule has 1 atom stereocenters. The van der Waals surface area contributed by atoms with Crippen LogP contribution in [0.5, 0.6) is 0 Å². The molecular weight excluding hydrogens is 224 g/mol. The third kappa shape index (κ3) is 3.53. The Balaban J connectivity index is 2.84. The van der Waals surface area contributed by atoms with Crippen LogP contribution in [0.3, 0.4) is 0 Å². The van der Waals surface area contributed by atoms with E-state index in [1.54, 1.807) is 19.2 Å². The smallest absolute Gasteiger partial charge is 0.164 e. The number of rotatable bonds is 4. The number of hydrogen-bond acceptors (Lipinski definition) is 2. The van der Waals surface area contributed by atoms with Crippen molar-refractivity contribution < 1.29 is 9.47 Å². The maximum atomic E-state index is 5.80. The number of methoxy groups -OCH3 is 1. The lowest BCUT2D eigenvalue weighted by Crippen LogP contribution is -2.28. The first-order valence-electron chi connectivity index (χ1n) is 4.93. The van der Waals surface area contributed by atoms with Crippen LogP contribution in [0.4, 0.5) is 0 Å². The van der Waals surface area contributed by atoms with Gasteiger partial charge in [-0.25, -0.2) is 0 Å². The van der Waals surface area contributed by atoms with Crippen LogP contribution in [0.15, 0.2) is 24.3 Å². The molecule has 0 radical (unpaired) electrons. The van der Waals surface area contributed by atoms with E-state index in [4.69, 9.17) is 27.5 Å². The standard InChI is InChI=1S/C13H15ClO2/c1-5-12(16-13(2,3)15-4)10-6-8-11(14)9-7-10/h1,6-9,12H,2-4H3. The van der Waals surface area contributed by atoms with E-state index in [-0.39, 0.29) is 0 Å². The van der Waals surface area contributed by atoms with Gasteiger partial charge in [0.25, 0.3) is 0 Å². The van der Waals surface area contributed by atoms with Crippen LogP contribution < -0.4 is 0 Å². The van der Waals surface area contributed by atoms with Crippen LogP contribution in [-0.2, 0) is 9.47 Å².